The summed E-state index contributed by atoms with van der Waals surface area (Å²) in [7, 11) is 0. The molecule has 0 N–H and O–H groups in total. The van der Waals surface area contributed by atoms with Crippen LogP contribution in [0.2, 0.25) is 0 Å². The van der Waals surface area contributed by atoms with Gasteiger partial charge in [0.25, 0.3) is 5.91 Å². The minimum absolute atomic E-state index is 0.105. The lowest BCUT2D eigenvalue weighted by Gasteiger charge is -2.28. The largest absolute Gasteiger partial charge is 0.378 e. The fraction of sp³-hybridized carbons (Fsp3) is 0.333. The lowest BCUT2D eigenvalue weighted by Crippen LogP contribution is -2.41. The Kier molecular flexibility index (Phi) is 4.12. The monoisotopic (exact) mass is 259 g/mol. The second-order valence-electron chi connectivity index (χ2n) is 4.49. The van der Waals surface area contributed by atoms with Crippen LogP contribution in [0.5, 0.6) is 0 Å². The fourth-order valence-corrected chi connectivity index (χ4v) is 2.26. The van der Waals surface area contributed by atoms with Gasteiger partial charge in [0.1, 0.15) is 0 Å². The molecule has 1 amide bonds. The molecule has 1 aliphatic heterocycles. The van der Waals surface area contributed by atoms with Gasteiger partial charge < -0.3 is 9.64 Å². The van der Waals surface area contributed by atoms with E-state index >= 15 is 0 Å². The van der Waals surface area contributed by atoms with Crippen molar-refractivity contribution in [1.82, 2.24) is 4.90 Å². The summed E-state index contributed by atoms with van der Waals surface area (Å²) in [6.07, 6.45) is 2.33. The molecule has 0 unspecified atom stereocenters. The number of aryl methyl sites for hydroxylation is 1. The molecular weight excluding hydrogens is 242 g/mol. The van der Waals surface area contributed by atoms with Gasteiger partial charge >= 0.3 is 0 Å². The first-order valence-electron chi connectivity index (χ1n) is 6.27. The van der Waals surface area contributed by atoms with Gasteiger partial charge in [-0.05, 0) is 18.1 Å². The standard InChI is InChI=1S/C15H17NO3/c1-3-12-5-4-11(2)14(13(12)10-17)15(18)16-6-8-19-9-7-16/h3-5,10H,1,6-9H2,2H3. The van der Waals surface area contributed by atoms with Crippen LogP contribution in [-0.2, 0) is 4.74 Å². The van der Waals surface area contributed by atoms with Gasteiger partial charge in [-0.15, -0.1) is 0 Å². The van der Waals surface area contributed by atoms with Crippen LogP contribution in [-0.4, -0.2) is 43.4 Å². The average molecular weight is 259 g/mol. The summed E-state index contributed by atoms with van der Waals surface area (Å²) >= 11 is 0. The van der Waals surface area contributed by atoms with Gasteiger partial charge in [0.2, 0.25) is 0 Å². The van der Waals surface area contributed by atoms with Crippen LogP contribution in [0.3, 0.4) is 0 Å². The SMILES string of the molecule is C=Cc1ccc(C)c(C(=O)N2CCOCC2)c1C=O. The Morgan fingerprint density at radius 3 is 2.63 bits per heavy atom. The molecule has 0 aromatic heterocycles. The van der Waals surface area contributed by atoms with Crippen molar-refractivity contribution in [3.63, 3.8) is 0 Å². The van der Waals surface area contributed by atoms with Crippen LogP contribution in [0.4, 0.5) is 0 Å². The molecule has 0 atom stereocenters. The normalized spacial score (nSPS) is 15.1. The molecule has 1 aromatic rings. The van der Waals surface area contributed by atoms with Gasteiger partial charge in [-0.3, -0.25) is 9.59 Å². The fourth-order valence-electron chi connectivity index (χ4n) is 2.26. The van der Waals surface area contributed by atoms with E-state index in [2.05, 4.69) is 6.58 Å². The van der Waals surface area contributed by atoms with E-state index in [1.165, 1.54) is 0 Å². The molecule has 1 saturated heterocycles. The Labute approximate surface area is 112 Å². The van der Waals surface area contributed by atoms with Crippen molar-refractivity contribution in [3.05, 3.63) is 41.0 Å². The van der Waals surface area contributed by atoms with Crippen LogP contribution in [0.1, 0.15) is 31.8 Å². The summed E-state index contributed by atoms with van der Waals surface area (Å²) in [6.45, 7) is 7.74. The molecule has 0 spiro atoms. The second kappa shape index (κ2) is 5.80. The Morgan fingerprint density at radius 1 is 1.37 bits per heavy atom. The molecule has 2 rings (SSSR count). The Hall–Kier alpha value is -1.94. The minimum atomic E-state index is -0.105. The molecular formula is C15H17NO3. The molecule has 100 valence electrons. The van der Waals surface area contributed by atoms with Crippen LogP contribution < -0.4 is 0 Å². The molecule has 1 aliphatic rings. The summed E-state index contributed by atoms with van der Waals surface area (Å²) < 4.78 is 5.24. The molecule has 4 heteroatoms. The quantitative estimate of drug-likeness (QED) is 0.779. The summed E-state index contributed by atoms with van der Waals surface area (Å²) in [5.41, 5.74) is 2.40. The number of hydrogen-bond donors (Lipinski definition) is 0. The van der Waals surface area contributed by atoms with Crippen molar-refractivity contribution in [2.24, 2.45) is 0 Å². The van der Waals surface area contributed by atoms with E-state index < -0.39 is 0 Å². The number of nitrogens with zero attached hydrogens (tertiary/aromatic N) is 1. The van der Waals surface area contributed by atoms with Crippen molar-refractivity contribution in [3.8, 4) is 0 Å². The van der Waals surface area contributed by atoms with E-state index in [-0.39, 0.29) is 5.91 Å². The lowest BCUT2D eigenvalue weighted by atomic mass is 9.96. The van der Waals surface area contributed by atoms with E-state index in [1.54, 1.807) is 11.0 Å². The van der Waals surface area contributed by atoms with Crippen molar-refractivity contribution < 1.29 is 14.3 Å². The third kappa shape index (κ3) is 2.58. The zero-order chi connectivity index (χ0) is 13.8. The Bertz CT molecular complexity index is 516. The molecule has 0 aliphatic carbocycles. The second-order valence-corrected chi connectivity index (χ2v) is 4.49. The first-order valence-corrected chi connectivity index (χ1v) is 6.27. The number of amides is 1. The van der Waals surface area contributed by atoms with Gasteiger partial charge in [-0.25, -0.2) is 0 Å². The minimum Gasteiger partial charge on any atom is -0.378 e. The molecule has 1 heterocycles. The molecule has 0 bridgehead atoms. The molecule has 0 radical (unpaired) electrons. The summed E-state index contributed by atoms with van der Waals surface area (Å²) in [5.74, 6) is -0.105. The average Bonchev–Trinajstić information content (AvgIpc) is 2.47. The van der Waals surface area contributed by atoms with Gasteiger partial charge in [-0.1, -0.05) is 24.8 Å². The summed E-state index contributed by atoms with van der Waals surface area (Å²) in [4.78, 5) is 25.6. The number of benzene rings is 1. The third-order valence-corrected chi connectivity index (χ3v) is 3.34. The molecule has 19 heavy (non-hydrogen) atoms. The highest BCUT2D eigenvalue weighted by Gasteiger charge is 2.23. The van der Waals surface area contributed by atoms with Crippen LogP contribution in [0.15, 0.2) is 18.7 Å². The summed E-state index contributed by atoms with van der Waals surface area (Å²) in [6, 6.07) is 3.65. The number of carbonyl (C=O) groups is 2. The number of ether oxygens (including phenoxy) is 1. The maximum atomic E-state index is 12.5. The number of morpholine rings is 1. The van der Waals surface area contributed by atoms with Crippen molar-refractivity contribution in [2.45, 2.75) is 6.92 Å². The van der Waals surface area contributed by atoms with Gasteiger partial charge in [0.05, 0.1) is 18.8 Å². The zero-order valence-electron chi connectivity index (χ0n) is 11.0. The van der Waals surface area contributed by atoms with Crippen molar-refractivity contribution in [1.29, 1.82) is 0 Å². The highest BCUT2D eigenvalue weighted by atomic mass is 16.5. The van der Waals surface area contributed by atoms with E-state index in [1.807, 2.05) is 19.1 Å². The van der Waals surface area contributed by atoms with E-state index in [0.717, 1.165) is 11.8 Å². The molecule has 1 fully saturated rings. The van der Waals surface area contributed by atoms with Gasteiger partial charge in [-0.2, -0.15) is 0 Å². The van der Waals surface area contributed by atoms with Crippen LogP contribution in [0.25, 0.3) is 6.08 Å². The highest BCUT2D eigenvalue weighted by Crippen LogP contribution is 2.21. The number of aldehydes is 1. The molecule has 0 saturated carbocycles. The maximum Gasteiger partial charge on any atom is 0.255 e. The molecule has 4 nitrogen and oxygen atoms in total. The smallest absolute Gasteiger partial charge is 0.255 e. The van der Waals surface area contributed by atoms with E-state index in [4.69, 9.17) is 4.74 Å². The van der Waals surface area contributed by atoms with Crippen molar-refractivity contribution in [2.75, 3.05) is 26.3 Å². The number of rotatable bonds is 3. The topological polar surface area (TPSA) is 46.6 Å². The first kappa shape index (κ1) is 13.5. The van der Waals surface area contributed by atoms with Crippen LogP contribution in [0, 0.1) is 6.92 Å². The lowest BCUT2D eigenvalue weighted by molar-refractivity contribution is 0.0301. The maximum absolute atomic E-state index is 12.5. The predicted octanol–water partition coefficient (Wildman–Crippen LogP) is 1.92. The highest BCUT2D eigenvalue weighted by molar-refractivity contribution is 6.04. The third-order valence-electron chi connectivity index (χ3n) is 3.34. The number of hydrogen-bond acceptors (Lipinski definition) is 3. The van der Waals surface area contributed by atoms with Gasteiger partial charge in [0, 0.05) is 18.7 Å². The molecule has 1 aromatic carbocycles. The zero-order valence-corrected chi connectivity index (χ0v) is 11.0. The van der Waals surface area contributed by atoms with E-state index in [9.17, 15) is 9.59 Å². The first-order chi connectivity index (χ1) is 9.19. The van der Waals surface area contributed by atoms with Gasteiger partial charge in [0.15, 0.2) is 6.29 Å². The van der Waals surface area contributed by atoms with Crippen LogP contribution >= 0.6 is 0 Å². The summed E-state index contributed by atoms with van der Waals surface area (Å²) in [5, 5.41) is 0. The predicted molar refractivity (Wildman–Crippen MR) is 73.4 cm³/mol. The number of carbonyl (C=O) groups excluding carboxylic acids is 2. The van der Waals surface area contributed by atoms with Crippen molar-refractivity contribution >= 4 is 18.3 Å². The Morgan fingerprint density at radius 2 is 2.05 bits per heavy atom. The Balaban J connectivity index is 2.44. The van der Waals surface area contributed by atoms with E-state index in [0.29, 0.717) is 43.0 Å².